The minimum atomic E-state index is 0.00344. The molecule has 0 saturated carbocycles. The van der Waals surface area contributed by atoms with Gasteiger partial charge in [0.25, 0.3) is 5.91 Å². The highest BCUT2D eigenvalue weighted by Crippen LogP contribution is 2.27. The van der Waals surface area contributed by atoms with Crippen LogP contribution in [0.4, 0.5) is 5.69 Å². The van der Waals surface area contributed by atoms with E-state index in [4.69, 9.17) is 9.68 Å². The molecule has 2 N–H and O–H groups in total. The number of benzene rings is 1. The van der Waals surface area contributed by atoms with Crippen LogP contribution in [-0.2, 0) is 0 Å². The number of hydrogen-bond acceptors (Lipinski definition) is 5. The average Bonchev–Trinajstić information content (AvgIpc) is 3.51. The quantitative estimate of drug-likeness (QED) is 0.157. The number of anilines is 1. The number of unbranched alkanes of at least 4 members (excludes halogenated alkanes) is 3. The van der Waals surface area contributed by atoms with Crippen molar-refractivity contribution < 1.29 is 9.21 Å². The molecule has 1 saturated heterocycles. The number of nitrogens with one attached hydrogen (secondary N) is 2. The molecule has 4 rings (SSSR count). The molecule has 0 spiro atoms. The predicted octanol–water partition coefficient (Wildman–Crippen LogP) is 4.78. The largest absolute Gasteiger partial charge is 0.458 e. The maximum Gasteiger partial charge on any atom is 0.290 e. The van der Waals surface area contributed by atoms with Gasteiger partial charge in [0.05, 0.1) is 6.26 Å². The zero-order valence-corrected chi connectivity index (χ0v) is 19.2. The van der Waals surface area contributed by atoms with Gasteiger partial charge in [-0.2, -0.15) is 5.26 Å². The highest BCUT2D eigenvalue weighted by molar-refractivity contribution is 6.04. The Morgan fingerprint density at radius 3 is 2.85 bits per heavy atom. The molecule has 3 heterocycles. The van der Waals surface area contributed by atoms with Crippen molar-refractivity contribution in [2.75, 3.05) is 25.0 Å². The molecule has 1 atom stereocenters. The van der Waals surface area contributed by atoms with Crippen LogP contribution in [0.5, 0.6) is 0 Å². The van der Waals surface area contributed by atoms with E-state index >= 15 is 0 Å². The van der Waals surface area contributed by atoms with Crippen molar-refractivity contribution in [2.24, 2.45) is 10.9 Å². The van der Waals surface area contributed by atoms with E-state index in [1.165, 1.54) is 0 Å². The van der Waals surface area contributed by atoms with Crippen molar-refractivity contribution in [3.05, 3.63) is 60.8 Å². The van der Waals surface area contributed by atoms with Gasteiger partial charge in [0.15, 0.2) is 12.0 Å². The summed E-state index contributed by atoms with van der Waals surface area (Å²) in [5.41, 5.74) is 0.834. The molecule has 8 nitrogen and oxygen atoms in total. The molecule has 0 radical (unpaired) electrons. The van der Waals surface area contributed by atoms with Gasteiger partial charge in [0.2, 0.25) is 5.96 Å². The number of guanidine groups is 1. The van der Waals surface area contributed by atoms with E-state index in [1.807, 2.05) is 47.5 Å². The Balaban J connectivity index is 1.13. The molecule has 1 aromatic carbocycles. The summed E-state index contributed by atoms with van der Waals surface area (Å²) in [4.78, 5) is 23.3. The number of pyridine rings is 1. The second-order valence-electron chi connectivity index (χ2n) is 8.59. The lowest BCUT2D eigenvalue weighted by Crippen LogP contribution is -2.28. The monoisotopic (exact) mass is 458 g/mol. The number of nitriles is 1. The molecule has 1 fully saturated rings. The van der Waals surface area contributed by atoms with Gasteiger partial charge in [-0.1, -0.05) is 43.5 Å². The Labute approximate surface area is 199 Å². The van der Waals surface area contributed by atoms with Gasteiger partial charge in [-0.05, 0) is 37.3 Å². The van der Waals surface area contributed by atoms with E-state index in [0.717, 1.165) is 68.1 Å². The van der Waals surface area contributed by atoms with Crippen LogP contribution >= 0.6 is 0 Å². The highest BCUT2D eigenvalue weighted by atomic mass is 16.3. The number of likely N-dealkylation sites (tertiary alicyclic amines) is 1. The number of furan rings is 1. The van der Waals surface area contributed by atoms with Gasteiger partial charge < -0.3 is 14.6 Å². The fraction of sp³-hybridized carbons (Fsp3) is 0.385. The number of amides is 1. The summed E-state index contributed by atoms with van der Waals surface area (Å²) < 4.78 is 5.59. The summed E-state index contributed by atoms with van der Waals surface area (Å²) in [6.45, 7) is 2.26. The fourth-order valence-corrected chi connectivity index (χ4v) is 4.38. The molecular formula is C26H30N6O2. The van der Waals surface area contributed by atoms with Crippen LogP contribution in [0.15, 0.2) is 64.5 Å². The number of aromatic nitrogens is 1. The molecule has 8 heteroatoms. The van der Waals surface area contributed by atoms with Crippen LogP contribution < -0.4 is 10.6 Å². The van der Waals surface area contributed by atoms with Crippen molar-refractivity contribution in [3.8, 4) is 6.19 Å². The molecule has 34 heavy (non-hydrogen) atoms. The second-order valence-corrected chi connectivity index (χ2v) is 8.59. The van der Waals surface area contributed by atoms with E-state index in [1.54, 1.807) is 18.7 Å². The third-order valence-electron chi connectivity index (χ3n) is 6.18. The van der Waals surface area contributed by atoms with E-state index in [-0.39, 0.29) is 5.91 Å². The SMILES string of the molecule is N#CNC(=NCCCCCCC1CCN(C(=O)c2occ3ccccc23)C1)Nc1ccncc1. The molecule has 1 aliphatic heterocycles. The Hall–Kier alpha value is -3.86. The number of fused-ring (bicyclic) bond motifs is 1. The van der Waals surface area contributed by atoms with Crippen molar-refractivity contribution in [1.82, 2.24) is 15.2 Å². The number of nitrogens with zero attached hydrogens (tertiary/aromatic N) is 4. The third-order valence-corrected chi connectivity index (χ3v) is 6.18. The van der Waals surface area contributed by atoms with Gasteiger partial charge >= 0.3 is 0 Å². The van der Waals surface area contributed by atoms with E-state index < -0.39 is 0 Å². The maximum atomic E-state index is 12.9. The number of carbonyl (C=O) groups is 1. The lowest BCUT2D eigenvalue weighted by atomic mass is 10.00. The van der Waals surface area contributed by atoms with Crippen molar-refractivity contribution in [2.45, 2.75) is 38.5 Å². The summed E-state index contributed by atoms with van der Waals surface area (Å²) in [6.07, 6.45) is 13.5. The normalized spacial score (nSPS) is 15.9. The van der Waals surface area contributed by atoms with Gasteiger partial charge in [-0.25, -0.2) is 0 Å². The molecule has 0 aliphatic carbocycles. The molecule has 176 valence electrons. The van der Waals surface area contributed by atoms with Crippen LogP contribution in [0, 0.1) is 17.4 Å². The summed E-state index contributed by atoms with van der Waals surface area (Å²) in [5.74, 6) is 1.47. The second kappa shape index (κ2) is 11.8. The average molecular weight is 459 g/mol. The first-order valence-electron chi connectivity index (χ1n) is 11.9. The lowest BCUT2D eigenvalue weighted by molar-refractivity contribution is 0.0757. The van der Waals surface area contributed by atoms with Crippen LogP contribution in [-0.4, -0.2) is 41.4 Å². The predicted molar refractivity (Wildman–Crippen MR) is 132 cm³/mol. The van der Waals surface area contributed by atoms with E-state index in [0.29, 0.717) is 24.2 Å². The topological polar surface area (TPSA) is 107 Å². The Morgan fingerprint density at radius 2 is 2.00 bits per heavy atom. The van der Waals surface area contributed by atoms with Gasteiger partial charge in [0.1, 0.15) is 0 Å². The van der Waals surface area contributed by atoms with E-state index in [2.05, 4.69) is 20.6 Å². The lowest BCUT2D eigenvalue weighted by Gasteiger charge is -2.15. The first-order valence-corrected chi connectivity index (χ1v) is 11.9. The van der Waals surface area contributed by atoms with Crippen molar-refractivity contribution in [1.29, 1.82) is 5.26 Å². The molecule has 3 aromatic rings. The van der Waals surface area contributed by atoms with Crippen LogP contribution in [0.2, 0.25) is 0 Å². The Bertz CT molecular complexity index is 1150. The molecule has 1 aliphatic rings. The highest BCUT2D eigenvalue weighted by Gasteiger charge is 2.29. The number of aliphatic imine (C=N–C) groups is 1. The smallest absolute Gasteiger partial charge is 0.290 e. The standard InChI is InChI=1S/C26H30N6O2/c27-19-30-26(31-22-10-14-28-15-11-22)29-13-6-2-1-3-7-20-12-16-32(17-20)25(33)24-23-9-5-4-8-21(23)18-34-24/h4-5,8-11,14-15,18,20H,1-3,6-7,12-13,16-17H2,(H2,28,29,30,31). The first kappa shape index (κ1) is 23.3. The summed E-state index contributed by atoms with van der Waals surface area (Å²) in [6, 6.07) is 11.4. The van der Waals surface area contributed by atoms with E-state index in [9.17, 15) is 4.79 Å². The molecule has 2 aromatic heterocycles. The summed E-state index contributed by atoms with van der Waals surface area (Å²) in [7, 11) is 0. The number of carbonyl (C=O) groups excluding carboxylic acids is 1. The molecular weight excluding hydrogens is 428 g/mol. The summed E-state index contributed by atoms with van der Waals surface area (Å²) >= 11 is 0. The van der Waals surface area contributed by atoms with Gasteiger partial charge in [-0.3, -0.25) is 20.1 Å². The molecule has 1 amide bonds. The third kappa shape index (κ3) is 6.13. The zero-order chi connectivity index (χ0) is 23.6. The zero-order valence-electron chi connectivity index (χ0n) is 19.2. The number of hydrogen-bond donors (Lipinski definition) is 2. The number of rotatable bonds is 9. The molecule has 1 unspecified atom stereocenters. The van der Waals surface area contributed by atoms with Gasteiger partial charge in [0, 0.05) is 48.5 Å². The van der Waals surface area contributed by atoms with Crippen molar-refractivity contribution >= 4 is 28.3 Å². The fourth-order valence-electron chi connectivity index (χ4n) is 4.38. The molecule has 0 bridgehead atoms. The first-order chi connectivity index (χ1) is 16.7. The maximum absolute atomic E-state index is 12.9. The Morgan fingerprint density at radius 1 is 1.18 bits per heavy atom. The van der Waals surface area contributed by atoms with Crippen LogP contribution in [0.1, 0.15) is 49.1 Å². The summed E-state index contributed by atoms with van der Waals surface area (Å²) in [5, 5.41) is 16.5. The van der Waals surface area contributed by atoms with Crippen molar-refractivity contribution in [3.63, 3.8) is 0 Å². The minimum absolute atomic E-state index is 0.00344. The van der Waals surface area contributed by atoms with Crippen LogP contribution in [0.25, 0.3) is 10.8 Å². The van der Waals surface area contributed by atoms with Crippen LogP contribution in [0.3, 0.4) is 0 Å². The minimum Gasteiger partial charge on any atom is -0.458 e. The Kier molecular flexibility index (Phi) is 8.12. The van der Waals surface area contributed by atoms with Gasteiger partial charge in [-0.15, -0.1) is 0 Å².